The summed E-state index contributed by atoms with van der Waals surface area (Å²) < 4.78 is 0. The average molecular weight is 344 g/mol. The van der Waals surface area contributed by atoms with Gasteiger partial charge in [0.15, 0.2) is 0 Å². The van der Waals surface area contributed by atoms with Gasteiger partial charge < -0.3 is 15.5 Å². The summed E-state index contributed by atoms with van der Waals surface area (Å²) in [6.45, 7) is 4.41. The van der Waals surface area contributed by atoms with Gasteiger partial charge in [0.1, 0.15) is 5.82 Å². The van der Waals surface area contributed by atoms with Crippen LogP contribution < -0.4 is 15.5 Å². The molecule has 3 heterocycles. The predicted molar refractivity (Wildman–Crippen MR) is 103 cm³/mol. The summed E-state index contributed by atoms with van der Waals surface area (Å²) in [4.78, 5) is 12.5. The SMILES string of the molecule is C1CCc2nc(NCC3CCCN3)nc(N3CCCCCC3)c2CC1. The van der Waals surface area contributed by atoms with Crippen LogP contribution in [0.3, 0.4) is 0 Å². The zero-order valence-corrected chi connectivity index (χ0v) is 15.5. The maximum atomic E-state index is 5.03. The first-order valence-electron chi connectivity index (χ1n) is 10.5. The Morgan fingerprint density at radius 1 is 0.920 bits per heavy atom. The smallest absolute Gasteiger partial charge is 0.224 e. The third-order valence-electron chi connectivity index (χ3n) is 5.99. The molecule has 2 saturated heterocycles. The highest BCUT2D eigenvalue weighted by Gasteiger charge is 2.22. The van der Waals surface area contributed by atoms with Crippen molar-refractivity contribution in [3.05, 3.63) is 11.3 Å². The predicted octanol–water partition coefficient (Wildman–Crippen LogP) is 3.29. The molecule has 0 bridgehead atoms. The summed E-state index contributed by atoms with van der Waals surface area (Å²) in [6, 6.07) is 0.573. The minimum Gasteiger partial charge on any atom is -0.356 e. The van der Waals surface area contributed by atoms with Crippen LogP contribution in [0.4, 0.5) is 11.8 Å². The van der Waals surface area contributed by atoms with Crippen molar-refractivity contribution >= 4 is 11.8 Å². The van der Waals surface area contributed by atoms with Crippen LogP contribution in [0.25, 0.3) is 0 Å². The molecular weight excluding hydrogens is 310 g/mol. The van der Waals surface area contributed by atoms with Gasteiger partial charge in [-0.25, -0.2) is 4.98 Å². The van der Waals surface area contributed by atoms with Crippen LogP contribution >= 0.6 is 0 Å². The number of nitrogens with zero attached hydrogens (tertiary/aromatic N) is 3. The van der Waals surface area contributed by atoms with E-state index < -0.39 is 0 Å². The zero-order valence-electron chi connectivity index (χ0n) is 15.5. The molecule has 4 rings (SSSR count). The van der Waals surface area contributed by atoms with Gasteiger partial charge in [0.25, 0.3) is 0 Å². The van der Waals surface area contributed by atoms with Gasteiger partial charge in [0.05, 0.1) is 5.69 Å². The second kappa shape index (κ2) is 8.35. The van der Waals surface area contributed by atoms with Crippen LogP contribution in [0.1, 0.15) is 69.0 Å². The molecule has 5 nitrogen and oxygen atoms in total. The van der Waals surface area contributed by atoms with Crippen molar-refractivity contribution in [2.75, 3.05) is 36.4 Å². The lowest BCUT2D eigenvalue weighted by atomic mass is 10.1. The highest BCUT2D eigenvalue weighted by molar-refractivity contribution is 5.53. The van der Waals surface area contributed by atoms with Crippen molar-refractivity contribution in [2.24, 2.45) is 0 Å². The highest BCUT2D eigenvalue weighted by atomic mass is 15.2. The summed E-state index contributed by atoms with van der Waals surface area (Å²) in [7, 11) is 0. The van der Waals surface area contributed by atoms with Crippen LogP contribution in [0, 0.1) is 0 Å². The van der Waals surface area contributed by atoms with Crippen LogP contribution in [0.15, 0.2) is 0 Å². The Hall–Kier alpha value is -1.36. The van der Waals surface area contributed by atoms with E-state index in [-0.39, 0.29) is 0 Å². The van der Waals surface area contributed by atoms with Crippen LogP contribution in [-0.4, -0.2) is 42.2 Å². The summed E-state index contributed by atoms with van der Waals surface area (Å²) in [5.74, 6) is 2.10. The zero-order chi connectivity index (χ0) is 16.9. The van der Waals surface area contributed by atoms with Gasteiger partial charge in [-0.3, -0.25) is 0 Å². The fourth-order valence-electron chi connectivity index (χ4n) is 4.52. The summed E-state index contributed by atoms with van der Waals surface area (Å²) in [5.41, 5.74) is 2.76. The Bertz CT molecular complexity index is 559. The van der Waals surface area contributed by atoms with E-state index >= 15 is 0 Å². The second-order valence-electron chi connectivity index (χ2n) is 7.93. The maximum absolute atomic E-state index is 5.03. The van der Waals surface area contributed by atoms with Gasteiger partial charge in [-0.05, 0) is 57.9 Å². The lowest BCUT2D eigenvalue weighted by Crippen LogP contribution is -2.31. The normalized spacial score (nSPS) is 24.5. The molecule has 138 valence electrons. The number of fused-ring (bicyclic) bond motifs is 1. The number of aryl methyl sites for hydroxylation is 1. The van der Waals surface area contributed by atoms with E-state index in [1.54, 1.807) is 0 Å². The molecule has 0 aromatic carbocycles. The van der Waals surface area contributed by atoms with Crippen LogP contribution in [-0.2, 0) is 12.8 Å². The Labute approximate surface area is 152 Å². The minimum absolute atomic E-state index is 0.573. The third kappa shape index (κ3) is 4.25. The third-order valence-corrected chi connectivity index (χ3v) is 5.99. The molecule has 1 atom stereocenters. The molecule has 1 unspecified atom stereocenters. The molecule has 0 saturated carbocycles. The number of rotatable bonds is 4. The van der Waals surface area contributed by atoms with E-state index in [9.17, 15) is 0 Å². The quantitative estimate of drug-likeness (QED) is 0.822. The number of anilines is 2. The Kier molecular flexibility index (Phi) is 5.70. The van der Waals surface area contributed by atoms with E-state index in [4.69, 9.17) is 9.97 Å². The van der Waals surface area contributed by atoms with Gasteiger partial charge in [0, 0.05) is 31.2 Å². The topological polar surface area (TPSA) is 53.1 Å². The van der Waals surface area contributed by atoms with E-state index in [0.29, 0.717) is 6.04 Å². The van der Waals surface area contributed by atoms with Crippen molar-refractivity contribution in [3.63, 3.8) is 0 Å². The highest BCUT2D eigenvalue weighted by Crippen LogP contribution is 2.30. The Balaban J connectivity index is 1.58. The molecule has 5 heteroatoms. The van der Waals surface area contributed by atoms with Crippen LogP contribution in [0.5, 0.6) is 0 Å². The van der Waals surface area contributed by atoms with Gasteiger partial charge in [0.2, 0.25) is 5.95 Å². The molecule has 1 aliphatic carbocycles. The lowest BCUT2D eigenvalue weighted by molar-refractivity contribution is 0.630. The van der Waals surface area contributed by atoms with E-state index in [2.05, 4.69) is 15.5 Å². The van der Waals surface area contributed by atoms with Crippen molar-refractivity contribution < 1.29 is 0 Å². The molecule has 3 aliphatic rings. The fourth-order valence-corrected chi connectivity index (χ4v) is 4.52. The summed E-state index contributed by atoms with van der Waals surface area (Å²) in [5, 5.41) is 7.10. The molecule has 1 aromatic heterocycles. The van der Waals surface area contributed by atoms with E-state index in [1.165, 1.54) is 74.9 Å². The average Bonchev–Trinajstić information content (AvgIpc) is 2.86. The van der Waals surface area contributed by atoms with Gasteiger partial charge in [-0.15, -0.1) is 0 Å². The first kappa shape index (κ1) is 17.1. The lowest BCUT2D eigenvalue weighted by Gasteiger charge is -2.26. The molecule has 0 amide bonds. The standard InChI is InChI=1S/C20H33N5/c1-2-7-14-25(13-6-1)19-17-10-4-3-5-11-18(17)23-20(24-19)22-15-16-9-8-12-21-16/h16,21H,1-15H2,(H,22,23,24). The summed E-state index contributed by atoms with van der Waals surface area (Å²) in [6.07, 6.45) is 14.0. The summed E-state index contributed by atoms with van der Waals surface area (Å²) >= 11 is 0. The van der Waals surface area contributed by atoms with Crippen molar-refractivity contribution in [3.8, 4) is 0 Å². The first-order chi connectivity index (χ1) is 12.4. The van der Waals surface area contributed by atoms with Gasteiger partial charge in [-0.1, -0.05) is 19.3 Å². The molecule has 1 aromatic rings. The van der Waals surface area contributed by atoms with Crippen LogP contribution in [0.2, 0.25) is 0 Å². The monoisotopic (exact) mass is 343 g/mol. The van der Waals surface area contributed by atoms with Gasteiger partial charge in [-0.2, -0.15) is 4.98 Å². The molecule has 2 N–H and O–H groups in total. The molecule has 0 radical (unpaired) electrons. The van der Waals surface area contributed by atoms with E-state index in [1.807, 2.05) is 0 Å². The number of hydrogen-bond acceptors (Lipinski definition) is 5. The Morgan fingerprint density at radius 3 is 2.52 bits per heavy atom. The molecular formula is C20H33N5. The molecule has 2 fully saturated rings. The molecule has 25 heavy (non-hydrogen) atoms. The largest absolute Gasteiger partial charge is 0.356 e. The number of nitrogens with one attached hydrogen (secondary N) is 2. The van der Waals surface area contributed by atoms with Crippen molar-refractivity contribution in [2.45, 2.75) is 76.7 Å². The molecule has 2 aliphatic heterocycles. The fraction of sp³-hybridized carbons (Fsp3) is 0.800. The van der Waals surface area contributed by atoms with E-state index in [0.717, 1.165) is 45.0 Å². The maximum Gasteiger partial charge on any atom is 0.224 e. The van der Waals surface area contributed by atoms with Gasteiger partial charge >= 0.3 is 0 Å². The van der Waals surface area contributed by atoms with Crippen molar-refractivity contribution in [1.29, 1.82) is 0 Å². The van der Waals surface area contributed by atoms with Crippen molar-refractivity contribution in [1.82, 2.24) is 15.3 Å². The molecule has 0 spiro atoms. The second-order valence-corrected chi connectivity index (χ2v) is 7.93. The first-order valence-corrected chi connectivity index (χ1v) is 10.5. The number of hydrogen-bond donors (Lipinski definition) is 2. The minimum atomic E-state index is 0.573. The Morgan fingerprint density at radius 2 is 1.72 bits per heavy atom. The number of aromatic nitrogens is 2.